The zero-order valence-corrected chi connectivity index (χ0v) is 13.2. The molecule has 0 radical (unpaired) electrons. The van der Waals surface area contributed by atoms with Crippen LogP contribution in [0.5, 0.6) is 0 Å². The molecule has 2 aromatic rings. The van der Waals surface area contributed by atoms with Crippen molar-refractivity contribution in [3.8, 4) is 0 Å². The fourth-order valence-corrected chi connectivity index (χ4v) is 3.37. The molecule has 4 heteroatoms. The van der Waals surface area contributed by atoms with Crippen molar-refractivity contribution in [2.75, 3.05) is 7.05 Å². The number of rotatable bonds is 4. The lowest BCUT2D eigenvalue weighted by atomic mass is 10.1. The van der Waals surface area contributed by atoms with E-state index in [1.165, 1.54) is 23.4 Å². The highest BCUT2D eigenvalue weighted by molar-refractivity contribution is 9.10. The van der Waals surface area contributed by atoms with Gasteiger partial charge in [-0.3, -0.25) is 0 Å². The molecule has 100 valence electrons. The summed E-state index contributed by atoms with van der Waals surface area (Å²) in [6.07, 6.45) is 0. The maximum Gasteiger partial charge on any atom is 0.137 e. The summed E-state index contributed by atoms with van der Waals surface area (Å²) in [7, 11) is 1.92. The highest BCUT2D eigenvalue weighted by Gasteiger charge is 2.12. The second-order valence-electron chi connectivity index (χ2n) is 4.22. The zero-order chi connectivity index (χ0) is 13.8. The van der Waals surface area contributed by atoms with Crippen LogP contribution in [0.2, 0.25) is 0 Å². The Morgan fingerprint density at radius 1 is 1.16 bits per heavy atom. The Bertz CT molecular complexity index is 574. The topological polar surface area (TPSA) is 12.0 Å². The summed E-state index contributed by atoms with van der Waals surface area (Å²) >= 11 is 4.93. The van der Waals surface area contributed by atoms with Gasteiger partial charge in [-0.05, 0) is 43.8 Å². The molecule has 0 aliphatic carbocycles. The van der Waals surface area contributed by atoms with Crippen molar-refractivity contribution in [1.82, 2.24) is 5.32 Å². The van der Waals surface area contributed by atoms with Crippen LogP contribution in [0, 0.1) is 5.82 Å². The Balaban J connectivity index is 2.38. The molecule has 0 saturated carbocycles. The lowest BCUT2D eigenvalue weighted by Crippen LogP contribution is -2.13. The van der Waals surface area contributed by atoms with Crippen LogP contribution in [0.4, 0.5) is 4.39 Å². The maximum absolute atomic E-state index is 13.7. The zero-order valence-electron chi connectivity index (χ0n) is 10.8. The van der Waals surface area contributed by atoms with Gasteiger partial charge in [0.05, 0.1) is 0 Å². The van der Waals surface area contributed by atoms with Gasteiger partial charge in [0.15, 0.2) is 0 Å². The van der Waals surface area contributed by atoms with Gasteiger partial charge >= 0.3 is 0 Å². The van der Waals surface area contributed by atoms with Crippen molar-refractivity contribution in [2.24, 2.45) is 0 Å². The third-order valence-electron chi connectivity index (χ3n) is 2.93. The first-order chi connectivity index (χ1) is 9.11. The average Bonchev–Trinajstić information content (AvgIpc) is 2.41. The van der Waals surface area contributed by atoms with E-state index in [4.69, 9.17) is 0 Å². The predicted octanol–water partition coefficient (Wildman–Crippen LogP) is 5.02. The molecule has 2 rings (SSSR count). The number of benzene rings is 2. The van der Waals surface area contributed by atoms with Gasteiger partial charge in [-0.15, -0.1) is 0 Å². The largest absolute Gasteiger partial charge is 0.313 e. The molecule has 0 saturated heterocycles. The Hall–Kier alpha value is -0.840. The van der Waals surface area contributed by atoms with Crippen molar-refractivity contribution < 1.29 is 4.39 Å². The Morgan fingerprint density at radius 2 is 1.89 bits per heavy atom. The Labute approximate surface area is 125 Å². The van der Waals surface area contributed by atoms with E-state index in [0.717, 1.165) is 9.37 Å². The first kappa shape index (κ1) is 14.6. The molecule has 1 atom stereocenters. The van der Waals surface area contributed by atoms with Gasteiger partial charge in [-0.2, -0.15) is 0 Å². The number of hydrogen-bond acceptors (Lipinski definition) is 2. The minimum absolute atomic E-state index is 0.185. The molecular formula is C15H15BrFNS. The van der Waals surface area contributed by atoms with Crippen molar-refractivity contribution in [1.29, 1.82) is 0 Å². The van der Waals surface area contributed by atoms with E-state index in [-0.39, 0.29) is 11.9 Å². The van der Waals surface area contributed by atoms with Gasteiger partial charge in [0.25, 0.3) is 0 Å². The average molecular weight is 340 g/mol. The number of hydrogen-bond donors (Lipinski definition) is 1. The fourth-order valence-electron chi connectivity index (χ4n) is 1.76. The molecule has 0 fully saturated rings. The van der Waals surface area contributed by atoms with E-state index >= 15 is 0 Å². The van der Waals surface area contributed by atoms with Crippen LogP contribution in [-0.4, -0.2) is 7.05 Å². The van der Waals surface area contributed by atoms with Crippen LogP contribution in [-0.2, 0) is 0 Å². The van der Waals surface area contributed by atoms with Crippen molar-refractivity contribution in [2.45, 2.75) is 22.8 Å². The molecule has 0 amide bonds. The summed E-state index contributed by atoms with van der Waals surface area (Å²) in [4.78, 5) is 1.70. The predicted molar refractivity (Wildman–Crippen MR) is 82.1 cm³/mol. The molecule has 0 aliphatic rings. The molecule has 1 N–H and O–H groups in total. The molecule has 1 unspecified atom stereocenters. The van der Waals surface area contributed by atoms with E-state index in [0.29, 0.717) is 4.90 Å². The van der Waals surface area contributed by atoms with Gasteiger partial charge < -0.3 is 5.32 Å². The molecule has 2 aromatic carbocycles. The van der Waals surface area contributed by atoms with E-state index < -0.39 is 0 Å². The summed E-state index contributed by atoms with van der Waals surface area (Å²) in [5.74, 6) is -0.185. The van der Waals surface area contributed by atoms with E-state index in [2.05, 4.69) is 34.2 Å². The van der Waals surface area contributed by atoms with Crippen molar-refractivity contribution in [3.05, 3.63) is 58.3 Å². The lowest BCUT2D eigenvalue weighted by molar-refractivity contribution is 0.601. The molecule has 0 aromatic heterocycles. The second kappa shape index (κ2) is 6.55. The van der Waals surface area contributed by atoms with E-state index in [9.17, 15) is 4.39 Å². The number of nitrogens with one attached hydrogen (secondary N) is 1. The van der Waals surface area contributed by atoms with Crippen LogP contribution < -0.4 is 5.32 Å². The minimum atomic E-state index is -0.185. The van der Waals surface area contributed by atoms with Gasteiger partial charge in [-0.1, -0.05) is 45.9 Å². The molecule has 0 heterocycles. The van der Waals surface area contributed by atoms with E-state index in [1.54, 1.807) is 12.1 Å². The van der Waals surface area contributed by atoms with E-state index in [1.807, 2.05) is 25.2 Å². The van der Waals surface area contributed by atoms with Crippen LogP contribution in [0.25, 0.3) is 0 Å². The van der Waals surface area contributed by atoms with Crippen LogP contribution in [0.15, 0.2) is 56.7 Å². The van der Waals surface area contributed by atoms with Crippen molar-refractivity contribution in [3.63, 3.8) is 0 Å². The third-order valence-corrected chi connectivity index (χ3v) is 4.55. The van der Waals surface area contributed by atoms with Gasteiger partial charge in [0.2, 0.25) is 0 Å². The molecule has 19 heavy (non-hydrogen) atoms. The van der Waals surface area contributed by atoms with Crippen LogP contribution in [0.1, 0.15) is 18.5 Å². The SMILES string of the molecule is CNC(C)c1ccc(Br)cc1Sc1ccccc1F. The normalized spacial score (nSPS) is 12.4. The first-order valence-electron chi connectivity index (χ1n) is 6.01. The minimum Gasteiger partial charge on any atom is -0.313 e. The molecular weight excluding hydrogens is 325 g/mol. The standard InChI is InChI=1S/C15H15BrFNS/c1-10(18-2)12-8-7-11(16)9-15(12)19-14-6-4-3-5-13(14)17/h3-10,18H,1-2H3. The lowest BCUT2D eigenvalue weighted by Gasteiger charge is -2.16. The number of halogens is 2. The quantitative estimate of drug-likeness (QED) is 0.839. The molecule has 0 spiro atoms. The highest BCUT2D eigenvalue weighted by Crippen LogP contribution is 2.36. The second-order valence-corrected chi connectivity index (χ2v) is 6.22. The van der Waals surface area contributed by atoms with Gasteiger partial charge in [0.1, 0.15) is 5.82 Å². The molecule has 0 aliphatic heterocycles. The summed E-state index contributed by atoms with van der Waals surface area (Å²) in [6, 6.07) is 13.2. The Morgan fingerprint density at radius 3 is 2.58 bits per heavy atom. The first-order valence-corrected chi connectivity index (χ1v) is 7.62. The molecule has 1 nitrogen and oxygen atoms in total. The summed E-state index contributed by atoms with van der Waals surface area (Å²) in [5.41, 5.74) is 1.17. The van der Waals surface area contributed by atoms with Gasteiger partial charge in [-0.25, -0.2) is 4.39 Å². The van der Waals surface area contributed by atoms with Crippen LogP contribution in [0.3, 0.4) is 0 Å². The third kappa shape index (κ3) is 3.59. The molecule has 0 bridgehead atoms. The monoisotopic (exact) mass is 339 g/mol. The smallest absolute Gasteiger partial charge is 0.137 e. The summed E-state index contributed by atoms with van der Waals surface area (Å²) in [6.45, 7) is 2.09. The maximum atomic E-state index is 13.7. The Kier molecular flexibility index (Phi) is 5.02. The summed E-state index contributed by atoms with van der Waals surface area (Å²) < 4.78 is 14.7. The fraction of sp³-hybridized carbons (Fsp3) is 0.200. The van der Waals surface area contributed by atoms with Crippen molar-refractivity contribution >= 4 is 27.7 Å². The highest BCUT2D eigenvalue weighted by atomic mass is 79.9. The summed E-state index contributed by atoms with van der Waals surface area (Å²) in [5, 5.41) is 3.22. The van der Waals surface area contributed by atoms with Crippen LogP contribution >= 0.6 is 27.7 Å². The van der Waals surface area contributed by atoms with Gasteiger partial charge in [0, 0.05) is 20.3 Å².